The summed E-state index contributed by atoms with van der Waals surface area (Å²) in [6.45, 7) is 1.79. The van der Waals surface area contributed by atoms with Gasteiger partial charge < -0.3 is 19.5 Å². The van der Waals surface area contributed by atoms with Crippen molar-refractivity contribution in [2.24, 2.45) is 5.92 Å². The Hall–Kier alpha value is -3.39. The van der Waals surface area contributed by atoms with Crippen LogP contribution in [-0.4, -0.2) is 39.1 Å². The van der Waals surface area contributed by atoms with Gasteiger partial charge in [0.05, 0.1) is 26.9 Å². The number of methoxy groups -OCH3 is 3. The topological polar surface area (TPSA) is 90.9 Å². The van der Waals surface area contributed by atoms with E-state index in [0.717, 1.165) is 4.88 Å². The smallest absolute Gasteiger partial charge is 0.336 e. The van der Waals surface area contributed by atoms with Gasteiger partial charge in [-0.15, -0.1) is 11.3 Å². The van der Waals surface area contributed by atoms with Gasteiger partial charge >= 0.3 is 11.9 Å². The predicted octanol–water partition coefficient (Wildman–Crippen LogP) is 3.69. The number of ether oxygens (including phenoxy) is 3. The summed E-state index contributed by atoms with van der Waals surface area (Å²) in [5.74, 6) is -2.93. The lowest BCUT2D eigenvalue weighted by Crippen LogP contribution is -2.43. The standard InChI is InChI=1S/C25H25NO6S/c1-13-19(24(28)31-3)20(14-7-5-8-15(11-14)30-2)22-17(26-13)12-16(18-9-6-10-33-18)21(23(22)27)25(29)32-4/h5-11,16,20-21,26H,12H2,1-4H3/t16-,20+,21+/m1/s1. The molecule has 7 nitrogen and oxygen atoms in total. The highest BCUT2D eigenvalue weighted by Gasteiger charge is 2.49. The molecule has 0 bridgehead atoms. The average Bonchev–Trinajstić information content (AvgIpc) is 3.37. The molecule has 0 saturated carbocycles. The molecular formula is C25H25NO6S. The molecule has 0 amide bonds. The molecule has 1 aromatic heterocycles. The van der Waals surface area contributed by atoms with Crippen molar-refractivity contribution < 1.29 is 28.6 Å². The first-order valence-electron chi connectivity index (χ1n) is 10.5. The van der Waals surface area contributed by atoms with E-state index in [1.807, 2.05) is 23.6 Å². The summed E-state index contributed by atoms with van der Waals surface area (Å²) in [4.78, 5) is 40.6. The number of dihydropyridines is 1. The predicted molar refractivity (Wildman–Crippen MR) is 123 cm³/mol. The molecule has 1 aromatic carbocycles. The normalized spacial score (nSPS) is 22.4. The summed E-state index contributed by atoms with van der Waals surface area (Å²) in [6.07, 6.45) is 0.438. The molecule has 1 N–H and O–H groups in total. The zero-order valence-corrected chi connectivity index (χ0v) is 19.7. The van der Waals surface area contributed by atoms with Gasteiger partial charge in [0.15, 0.2) is 5.78 Å². The number of hydrogen-bond acceptors (Lipinski definition) is 8. The fourth-order valence-electron chi connectivity index (χ4n) is 4.74. The van der Waals surface area contributed by atoms with Crippen molar-refractivity contribution in [3.8, 4) is 5.75 Å². The minimum Gasteiger partial charge on any atom is -0.497 e. The van der Waals surface area contributed by atoms with Crippen LogP contribution in [0, 0.1) is 5.92 Å². The largest absolute Gasteiger partial charge is 0.497 e. The summed E-state index contributed by atoms with van der Waals surface area (Å²) >= 11 is 1.50. The average molecular weight is 468 g/mol. The number of rotatable bonds is 5. The number of allylic oxidation sites excluding steroid dienone is 3. The maximum Gasteiger partial charge on any atom is 0.336 e. The Labute approximate surface area is 196 Å². The second-order valence-corrected chi connectivity index (χ2v) is 8.93. The molecular weight excluding hydrogens is 442 g/mol. The quantitative estimate of drug-likeness (QED) is 0.530. The van der Waals surface area contributed by atoms with Gasteiger partial charge in [0.25, 0.3) is 0 Å². The Kier molecular flexibility index (Phi) is 6.37. The Balaban J connectivity index is 1.92. The number of nitrogens with one attached hydrogen (secondary N) is 1. The van der Waals surface area contributed by atoms with Crippen LogP contribution in [0.4, 0.5) is 0 Å². The number of carbonyl (C=O) groups is 3. The molecule has 0 fully saturated rings. The third kappa shape index (κ3) is 3.95. The van der Waals surface area contributed by atoms with Crippen molar-refractivity contribution in [1.29, 1.82) is 0 Å². The van der Waals surface area contributed by atoms with Crippen LogP contribution in [0.2, 0.25) is 0 Å². The maximum absolute atomic E-state index is 14.0. The van der Waals surface area contributed by atoms with Crippen LogP contribution >= 0.6 is 11.3 Å². The second-order valence-electron chi connectivity index (χ2n) is 7.95. The van der Waals surface area contributed by atoms with Gasteiger partial charge in [-0.3, -0.25) is 9.59 Å². The van der Waals surface area contributed by atoms with Crippen LogP contribution < -0.4 is 10.1 Å². The van der Waals surface area contributed by atoms with Crippen molar-refractivity contribution in [2.75, 3.05) is 21.3 Å². The minimum atomic E-state index is -1.00. The van der Waals surface area contributed by atoms with E-state index in [2.05, 4.69) is 5.32 Å². The molecule has 1 aliphatic heterocycles. The molecule has 0 spiro atoms. The van der Waals surface area contributed by atoms with Crippen LogP contribution in [0.1, 0.15) is 35.6 Å². The molecule has 172 valence electrons. The zero-order valence-electron chi connectivity index (χ0n) is 18.8. The zero-order chi connectivity index (χ0) is 23.7. The Morgan fingerprint density at radius 2 is 1.88 bits per heavy atom. The highest BCUT2D eigenvalue weighted by Crippen LogP contribution is 2.49. The summed E-state index contributed by atoms with van der Waals surface area (Å²) in [6, 6.07) is 11.1. The van der Waals surface area contributed by atoms with Crippen molar-refractivity contribution in [3.05, 3.63) is 74.8 Å². The maximum atomic E-state index is 14.0. The molecule has 0 saturated heterocycles. The Bertz CT molecular complexity index is 1160. The van der Waals surface area contributed by atoms with E-state index in [1.165, 1.54) is 25.6 Å². The minimum absolute atomic E-state index is 0.330. The molecule has 2 heterocycles. The van der Waals surface area contributed by atoms with Crippen molar-refractivity contribution in [2.45, 2.75) is 25.2 Å². The lowest BCUT2D eigenvalue weighted by atomic mass is 9.68. The molecule has 2 aliphatic rings. The lowest BCUT2D eigenvalue weighted by molar-refractivity contribution is -0.149. The number of esters is 2. The Morgan fingerprint density at radius 3 is 2.52 bits per heavy atom. The fraction of sp³-hybridized carbons (Fsp3) is 0.320. The number of hydrogen-bond donors (Lipinski definition) is 1. The molecule has 8 heteroatoms. The number of Topliss-reactive ketones (excluding diaryl/α,β-unsaturated/α-hetero) is 1. The van der Waals surface area contributed by atoms with Gasteiger partial charge in [-0.1, -0.05) is 18.2 Å². The van der Waals surface area contributed by atoms with E-state index < -0.39 is 23.8 Å². The molecule has 3 atom stereocenters. The third-order valence-electron chi connectivity index (χ3n) is 6.22. The molecule has 2 aromatic rings. The summed E-state index contributed by atoms with van der Waals surface area (Å²) in [5, 5.41) is 5.19. The first-order valence-corrected chi connectivity index (χ1v) is 11.4. The first-order chi connectivity index (χ1) is 15.9. The summed E-state index contributed by atoms with van der Waals surface area (Å²) < 4.78 is 15.5. The second kappa shape index (κ2) is 9.23. The highest BCUT2D eigenvalue weighted by molar-refractivity contribution is 7.10. The first kappa shape index (κ1) is 22.8. The van der Waals surface area contributed by atoms with E-state index in [4.69, 9.17) is 14.2 Å². The van der Waals surface area contributed by atoms with Crippen LogP contribution in [0.3, 0.4) is 0 Å². The van der Waals surface area contributed by atoms with E-state index in [-0.39, 0.29) is 11.7 Å². The van der Waals surface area contributed by atoms with Gasteiger partial charge in [0.2, 0.25) is 0 Å². The molecule has 33 heavy (non-hydrogen) atoms. The van der Waals surface area contributed by atoms with Gasteiger partial charge in [0, 0.05) is 33.7 Å². The van der Waals surface area contributed by atoms with Crippen LogP contribution in [0.15, 0.2) is 64.3 Å². The lowest BCUT2D eigenvalue weighted by Gasteiger charge is -2.39. The molecule has 0 radical (unpaired) electrons. The van der Waals surface area contributed by atoms with Gasteiger partial charge in [-0.25, -0.2) is 4.79 Å². The summed E-state index contributed by atoms with van der Waals surface area (Å²) in [7, 11) is 4.15. The van der Waals surface area contributed by atoms with Gasteiger partial charge in [-0.05, 0) is 42.5 Å². The van der Waals surface area contributed by atoms with Crippen molar-refractivity contribution >= 4 is 29.1 Å². The molecule has 4 rings (SSSR count). The van der Waals surface area contributed by atoms with Gasteiger partial charge in [-0.2, -0.15) is 0 Å². The van der Waals surface area contributed by atoms with E-state index in [1.54, 1.807) is 32.2 Å². The Morgan fingerprint density at radius 1 is 1.09 bits per heavy atom. The summed E-state index contributed by atoms with van der Waals surface area (Å²) in [5.41, 5.74) is 2.74. The fourth-order valence-corrected chi connectivity index (χ4v) is 5.60. The van der Waals surface area contributed by atoms with E-state index in [9.17, 15) is 14.4 Å². The van der Waals surface area contributed by atoms with Crippen LogP contribution in [-0.2, 0) is 23.9 Å². The van der Waals surface area contributed by atoms with E-state index in [0.29, 0.717) is 40.3 Å². The van der Waals surface area contributed by atoms with Crippen LogP contribution in [0.5, 0.6) is 5.75 Å². The molecule has 1 aliphatic carbocycles. The number of thiophene rings is 1. The third-order valence-corrected chi connectivity index (χ3v) is 7.22. The molecule has 0 unspecified atom stereocenters. The number of carbonyl (C=O) groups excluding carboxylic acids is 3. The monoisotopic (exact) mass is 467 g/mol. The van der Waals surface area contributed by atoms with Crippen LogP contribution in [0.25, 0.3) is 0 Å². The van der Waals surface area contributed by atoms with E-state index >= 15 is 0 Å². The van der Waals surface area contributed by atoms with Gasteiger partial charge in [0.1, 0.15) is 11.7 Å². The highest BCUT2D eigenvalue weighted by atomic mass is 32.1. The number of ketones is 1. The van der Waals surface area contributed by atoms with Crippen molar-refractivity contribution in [1.82, 2.24) is 5.32 Å². The number of benzene rings is 1. The SMILES string of the molecule is COC(=O)C1=C(C)NC2=C(C(=O)[C@@H](C(=O)OC)[C@@H](c3cccs3)C2)[C@H]1c1cccc(OC)c1. The van der Waals surface area contributed by atoms with Crippen molar-refractivity contribution in [3.63, 3.8) is 0 Å².